The predicted molar refractivity (Wildman–Crippen MR) is 64.9 cm³/mol. The molecule has 2 aromatic rings. The fraction of sp³-hybridized carbons (Fsp3) is 0.200. The van der Waals surface area contributed by atoms with Crippen LogP contribution in [-0.2, 0) is 6.54 Å². The lowest BCUT2D eigenvalue weighted by Crippen LogP contribution is -2.05. The van der Waals surface area contributed by atoms with Gasteiger partial charge in [0.2, 0.25) is 0 Å². The topological polar surface area (TPSA) is 67.1 Å². The van der Waals surface area contributed by atoms with Crippen LogP contribution >= 0.6 is 11.8 Å². The van der Waals surface area contributed by atoms with Gasteiger partial charge in [-0.2, -0.15) is 0 Å². The van der Waals surface area contributed by atoms with Gasteiger partial charge in [0.25, 0.3) is 0 Å². The molecule has 0 aliphatic rings. The Bertz CT molecular complexity index is 489. The quantitative estimate of drug-likeness (QED) is 0.598. The fourth-order valence-electron chi connectivity index (χ4n) is 1.38. The molecular weight excluding hydrogens is 208 g/mol. The Labute approximate surface area is 92.0 Å². The van der Waals surface area contributed by atoms with E-state index < -0.39 is 0 Å². The van der Waals surface area contributed by atoms with Gasteiger partial charge in [0.15, 0.2) is 5.17 Å². The number of H-pyrrole nitrogens is 1. The van der Waals surface area contributed by atoms with E-state index in [1.54, 1.807) is 6.20 Å². The predicted octanol–water partition coefficient (Wildman–Crippen LogP) is 1.74. The first-order valence-electron chi connectivity index (χ1n) is 4.56. The summed E-state index contributed by atoms with van der Waals surface area (Å²) >= 11 is 1.46. The third-order valence-corrected chi connectivity index (χ3v) is 2.71. The normalized spacial score (nSPS) is 12.2. The minimum atomic E-state index is 0.601. The van der Waals surface area contributed by atoms with Crippen molar-refractivity contribution in [3.63, 3.8) is 0 Å². The molecular formula is C10H12N4S. The van der Waals surface area contributed by atoms with Crippen molar-refractivity contribution in [1.82, 2.24) is 9.97 Å². The van der Waals surface area contributed by atoms with Gasteiger partial charge in [-0.3, -0.25) is 4.99 Å². The van der Waals surface area contributed by atoms with E-state index in [0.717, 1.165) is 16.6 Å². The minimum Gasteiger partial charge on any atom is -0.379 e. The first-order chi connectivity index (χ1) is 7.31. The zero-order chi connectivity index (χ0) is 10.7. The number of aromatic nitrogens is 2. The van der Waals surface area contributed by atoms with Crippen LogP contribution in [0.3, 0.4) is 0 Å². The number of aromatic amines is 1. The molecule has 0 aromatic carbocycles. The standard InChI is InChI=1S/C10H12N4S/c1-15-10(11)14-6-7-2-4-12-9-8(7)3-5-13-9/h2-5H,6H2,1H3,(H2,11,14)(H,12,13). The van der Waals surface area contributed by atoms with Crippen LogP contribution in [0.15, 0.2) is 29.5 Å². The summed E-state index contributed by atoms with van der Waals surface area (Å²) in [5.41, 5.74) is 7.66. The molecule has 0 aliphatic heterocycles. The molecule has 3 N–H and O–H groups in total. The molecule has 2 aromatic heterocycles. The second-order valence-electron chi connectivity index (χ2n) is 3.07. The monoisotopic (exact) mass is 220 g/mol. The number of hydrogen-bond donors (Lipinski definition) is 2. The molecule has 0 fully saturated rings. The molecule has 2 rings (SSSR count). The molecule has 0 bridgehead atoms. The van der Waals surface area contributed by atoms with E-state index >= 15 is 0 Å². The van der Waals surface area contributed by atoms with Crippen molar-refractivity contribution >= 4 is 28.0 Å². The average Bonchev–Trinajstić information content (AvgIpc) is 2.74. The fourth-order valence-corrected chi connectivity index (χ4v) is 1.58. The van der Waals surface area contributed by atoms with Gasteiger partial charge in [0.1, 0.15) is 5.65 Å². The van der Waals surface area contributed by atoms with Crippen molar-refractivity contribution < 1.29 is 0 Å². The Morgan fingerprint density at radius 1 is 1.60 bits per heavy atom. The Hall–Kier alpha value is -1.49. The molecule has 0 radical (unpaired) electrons. The summed E-state index contributed by atoms with van der Waals surface area (Å²) in [6.07, 6.45) is 5.57. The van der Waals surface area contributed by atoms with Crippen molar-refractivity contribution in [3.05, 3.63) is 30.1 Å². The number of aliphatic imine (C=N–C) groups is 1. The summed E-state index contributed by atoms with van der Waals surface area (Å²) in [5, 5.41) is 1.71. The number of nitrogens with zero attached hydrogens (tertiary/aromatic N) is 2. The Morgan fingerprint density at radius 2 is 2.47 bits per heavy atom. The van der Waals surface area contributed by atoms with Crippen LogP contribution in [0.1, 0.15) is 5.56 Å². The van der Waals surface area contributed by atoms with Gasteiger partial charge in [-0.1, -0.05) is 11.8 Å². The molecule has 0 atom stereocenters. The van der Waals surface area contributed by atoms with Crippen LogP contribution in [-0.4, -0.2) is 21.4 Å². The first kappa shape index (κ1) is 10.0. The number of nitrogens with one attached hydrogen (secondary N) is 1. The van der Waals surface area contributed by atoms with Gasteiger partial charge in [-0.05, 0) is 24.0 Å². The van der Waals surface area contributed by atoms with E-state index in [-0.39, 0.29) is 0 Å². The summed E-state index contributed by atoms with van der Waals surface area (Å²) in [4.78, 5) is 11.5. The lowest BCUT2D eigenvalue weighted by Gasteiger charge is -1.99. The third-order valence-electron chi connectivity index (χ3n) is 2.16. The highest BCUT2D eigenvalue weighted by Gasteiger charge is 2.01. The van der Waals surface area contributed by atoms with E-state index in [1.807, 2.05) is 24.6 Å². The van der Waals surface area contributed by atoms with E-state index in [9.17, 15) is 0 Å². The van der Waals surface area contributed by atoms with Crippen LogP contribution < -0.4 is 5.73 Å². The van der Waals surface area contributed by atoms with E-state index in [4.69, 9.17) is 5.73 Å². The van der Waals surface area contributed by atoms with Gasteiger partial charge in [-0.15, -0.1) is 0 Å². The second kappa shape index (κ2) is 4.35. The number of nitrogens with two attached hydrogens (primary N) is 1. The molecule has 2 heterocycles. The molecule has 0 saturated heterocycles. The highest BCUT2D eigenvalue weighted by molar-refractivity contribution is 8.13. The van der Waals surface area contributed by atoms with Gasteiger partial charge < -0.3 is 10.7 Å². The SMILES string of the molecule is CSC(N)=NCc1ccnc2[nH]ccc12. The Morgan fingerprint density at radius 3 is 3.27 bits per heavy atom. The van der Waals surface area contributed by atoms with Crippen LogP contribution in [0.5, 0.6) is 0 Å². The van der Waals surface area contributed by atoms with E-state index in [2.05, 4.69) is 15.0 Å². The lowest BCUT2D eigenvalue weighted by atomic mass is 10.2. The molecule has 5 heteroatoms. The number of thioether (sulfide) groups is 1. The largest absolute Gasteiger partial charge is 0.379 e. The van der Waals surface area contributed by atoms with Crippen molar-refractivity contribution in [2.75, 3.05) is 6.26 Å². The first-order valence-corrected chi connectivity index (χ1v) is 5.78. The third kappa shape index (κ3) is 2.12. The smallest absolute Gasteiger partial charge is 0.153 e. The highest BCUT2D eigenvalue weighted by Crippen LogP contribution is 2.15. The molecule has 0 amide bonds. The molecule has 0 saturated carbocycles. The number of rotatable bonds is 2. The lowest BCUT2D eigenvalue weighted by molar-refractivity contribution is 1.08. The van der Waals surface area contributed by atoms with Crippen molar-refractivity contribution in [1.29, 1.82) is 0 Å². The maximum Gasteiger partial charge on any atom is 0.153 e. The number of amidine groups is 1. The number of pyridine rings is 1. The van der Waals surface area contributed by atoms with E-state index in [1.165, 1.54) is 11.8 Å². The summed E-state index contributed by atoms with van der Waals surface area (Å²) in [7, 11) is 0. The molecule has 78 valence electrons. The van der Waals surface area contributed by atoms with Crippen LogP contribution in [0, 0.1) is 0 Å². The molecule has 0 aliphatic carbocycles. The maximum absolute atomic E-state index is 5.63. The summed E-state index contributed by atoms with van der Waals surface area (Å²) < 4.78 is 0. The van der Waals surface area contributed by atoms with Crippen LogP contribution in [0.25, 0.3) is 11.0 Å². The van der Waals surface area contributed by atoms with Crippen molar-refractivity contribution in [2.45, 2.75) is 6.54 Å². The maximum atomic E-state index is 5.63. The second-order valence-corrected chi connectivity index (χ2v) is 3.90. The zero-order valence-electron chi connectivity index (χ0n) is 8.40. The Balaban J connectivity index is 2.31. The van der Waals surface area contributed by atoms with Crippen molar-refractivity contribution in [3.8, 4) is 0 Å². The summed E-state index contributed by atoms with van der Waals surface area (Å²) in [6.45, 7) is 0.601. The van der Waals surface area contributed by atoms with Gasteiger partial charge in [-0.25, -0.2) is 4.98 Å². The molecule has 15 heavy (non-hydrogen) atoms. The highest BCUT2D eigenvalue weighted by atomic mass is 32.2. The zero-order valence-corrected chi connectivity index (χ0v) is 9.21. The van der Waals surface area contributed by atoms with Gasteiger partial charge in [0, 0.05) is 17.8 Å². The van der Waals surface area contributed by atoms with Crippen molar-refractivity contribution in [2.24, 2.45) is 10.7 Å². The number of hydrogen-bond acceptors (Lipinski definition) is 3. The summed E-state index contributed by atoms with van der Waals surface area (Å²) in [5.74, 6) is 0. The minimum absolute atomic E-state index is 0.601. The Kier molecular flexibility index (Phi) is 2.91. The van der Waals surface area contributed by atoms with Gasteiger partial charge in [0.05, 0.1) is 6.54 Å². The average molecular weight is 220 g/mol. The molecule has 0 spiro atoms. The van der Waals surface area contributed by atoms with E-state index in [0.29, 0.717) is 11.7 Å². The van der Waals surface area contributed by atoms with Crippen LogP contribution in [0.4, 0.5) is 0 Å². The molecule has 4 nitrogen and oxygen atoms in total. The molecule has 0 unspecified atom stereocenters. The van der Waals surface area contributed by atoms with Crippen LogP contribution in [0.2, 0.25) is 0 Å². The summed E-state index contributed by atoms with van der Waals surface area (Å²) in [6, 6.07) is 3.97. The number of fused-ring (bicyclic) bond motifs is 1. The van der Waals surface area contributed by atoms with Gasteiger partial charge >= 0.3 is 0 Å².